The van der Waals surface area contributed by atoms with Crippen molar-refractivity contribution in [1.82, 2.24) is 9.80 Å². The second kappa shape index (κ2) is 8.25. The second-order valence-electron chi connectivity index (χ2n) is 7.30. The van der Waals surface area contributed by atoms with Crippen molar-refractivity contribution in [2.45, 2.75) is 25.4 Å². The molecule has 5 nitrogen and oxygen atoms in total. The fourth-order valence-electron chi connectivity index (χ4n) is 3.91. The minimum absolute atomic E-state index is 0.0601. The third-order valence-corrected chi connectivity index (χ3v) is 5.51. The Bertz CT molecular complexity index is 590. The average Bonchev–Trinajstić information content (AvgIpc) is 3.02. The van der Waals surface area contributed by atoms with Crippen LogP contribution < -0.4 is 0 Å². The smallest absolute Gasteiger partial charge is 0.227 e. The van der Waals surface area contributed by atoms with Crippen molar-refractivity contribution in [3.05, 3.63) is 35.6 Å². The molecule has 1 amide bonds. The van der Waals surface area contributed by atoms with E-state index in [2.05, 4.69) is 4.90 Å². The summed E-state index contributed by atoms with van der Waals surface area (Å²) in [6.45, 7) is 3.76. The van der Waals surface area contributed by atoms with Crippen LogP contribution in [-0.2, 0) is 11.2 Å². The Morgan fingerprint density at radius 2 is 1.84 bits per heavy atom. The molecule has 0 saturated carbocycles. The van der Waals surface area contributed by atoms with Gasteiger partial charge in [-0.05, 0) is 30.4 Å². The van der Waals surface area contributed by atoms with Gasteiger partial charge < -0.3 is 20.0 Å². The van der Waals surface area contributed by atoms with Crippen LogP contribution in [0.3, 0.4) is 0 Å². The van der Waals surface area contributed by atoms with E-state index < -0.39 is 0 Å². The zero-order chi connectivity index (χ0) is 17.8. The lowest BCUT2D eigenvalue weighted by Gasteiger charge is -2.32. The number of aliphatic hydroxyl groups is 2. The van der Waals surface area contributed by atoms with Crippen LogP contribution in [0.25, 0.3) is 0 Å². The Morgan fingerprint density at radius 3 is 2.52 bits per heavy atom. The highest BCUT2D eigenvalue weighted by Crippen LogP contribution is 2.26. The maximum absolute atomic E-state index is 13.8. The number of benzene rings is 1. The van der Waals surface area contributed by atoms with Gasteiger partial charge in [-0.3, -0.25) is 4.79 Å². The van der Waals surface area contributed by atoms with E-state index in [0.29, 0.717) is 18.7 Å². The molecular formula is C19H27FN2O3. The summed E-state index contributed by atoms with van der Waals surface area (Å²) in [5.41, 5.74) is 0.418. The predicted octanol–water partition coefficient (Wildman–Crippen LogP) is 0.892. The molecule has 2 saturated heterocycles. The largest absolute Gasteiger partial charge is 0.396 e. The lowest BCUT2D eigenvalue weighted by molar-refractivity contribution is -0.129. The number of hydrogen-bond donors (Lipinski definition) is 2. The molecule has 2 atom stereocenters. The summed E-state index contributed by atoms with van der Waals surface area (Å²) in [6.07, 6.45) is 1.43. The number of rotatable bonds is 5. The van der Waals surface area contributed by atoms with Gasteiger partial charge in [0.25, 0.3) is 0 Å². The van der Waals surface area contributed by atoms with Gasteiger partial charge in [0, 0.05) is 45.2 Å². The van der Waals surface area contributed by atoms with Gasteiger partial charge in [-0.15, -0.1) is 0 Å². The van der Waals surface area contributed by atoms with Crippen molar-refractivity contribution >= 4 is 5.91 Å². The Balaban J connectivity index is 1.57. The Labute approximate surface area is 148 Å². The zero-order valence-corrected chi connectivity index (χ0v) is 14.5. The van der Waals surface area contributed by atoms with Gasteiger partial charge >= 0.3 is 0 Å². The summed E-state index contributed by atoms with van der Waals surface area (Å²) < 4.78 is 13.8. The highest BCUT2D eigenvalue weighted by Gasteiger charge is 2.36. The second-order valence-corrected chi connectivity index (χ2v) is 7.30. The van der Waals surface area contributed by atoms with E-state index in [1.807, 2.05) is 0 Å². The third kappa shape index (κ3) is 4.57. The normalized spacial score (nSPS) is 25.5. The number of carbonyl (C=O) groups is 1. The van der Waals surface area contributed by atoms with Crippen LogP contribution in [0.15, 0.2) is 24.3 Å². The summed E-state index contributed by atoms with van der Waals surface area (Å²) in [4.78, 5) is 16.6. The molecule has 2 heterocycles. The van der Waals surface area contributed by atoms with Crippen molar-refractivity contribution < 1.29 is 19.4 Å². The van der Waals surface area contributed by atoms with Gasteiger partial charge in [0.15, 0.2) is 0 Å². The first-order valence-electron chi connectivity index (χ1n) is 9.09. The van der Waals surface area contributed by atoms with E-state index in [0.717, 1.165) is 32.5 Å². The maximum atomic E-state index is 13.8. The summed E-state index contributed by atoms with van der Waals surface area (Å²) >= 11 is 0. The lowest BCUT2D eigenvalue weighted by Crippen LogP contribution is -2.41. The first-order valence-corrected chi connectivity index (χ1v) is 9.09. The monoisotopic (exact) mass is 350 g/mol. The van der Waals surface area contributed by atoms with E-state index in [1.54, 1.807) is 23.1 Å². The summed E-state index contributed by atoms with van der Waals surface area (Å²) in [5, 5.41) is 19.3. The van der Waals surface area contributed by atoms with E-state index in [4.69, 9.17) is 0 Å². The molecular weight excluding hydrogens is 323 g/mol. The lowest BCUT2D eigenvalue weighted by atomic mass is 9.95. The predicted molar refractivity (Wildman–Crippen MR) is 92.4 cm³/mol. The van der Waals surface area contributed by atoms with E-state index in [-0.39, 0.29) is 42.7 Å². The Morgan fingerprint density at radius 1 is 1.16 bits per heavy atom. The Hall–Kier alpha value is -1.50. The van der Waals surface area contributed by atoms with E-state index in [9.17, 15) is 19.4 Å². The van der Waals surface area contributed by atoms with Crippen molar-refractivity contribution in [3.8, 4) is 0 Å². The van der Waals surface area contributed by atoms with Crippen LogP contribution in [0, 0.1) is 17.7 Å². The number of halogens is 1. The van der Waals surface area contributed by atoms with Crippen LogP contribution in [-0.4, -0.2) is 71.4 Å². The number of amides is 1. The highest BCUT2D eigenvalue weighted by molar-refractivity contribution is 5.79. The molecule has 2 aliphatic rings. The number of nitrogens with zero attached hydrogens (tertiary/aromatic N) is 2. The van der Waals surface area contributed by atoms with Crippen LogP contribution in [0.5, 0.6) is 0 Å². The molecule has 25 heavy (non-hydrogen) atoms. The number of likely N-dealkylation sites (tertiary alicyclic amines) is 2. The molecule has 0 aromatic heterocycles. The molecule has 0 unspecified atom stereocenters. The summed E-state index contributed by atoms with van der Waals surface area (Å²) in [7, 11) is 0. The SMILES string of the molecule is O=C(Cc1ccccc1F)N1C[C@@H](CN2CCC(O)CC2)[C@@H](CO)C1. The molecule has 6 heteroatoms. The molecule has 138 valence electrons. The molecule has 0 radical (unpaired) electrons. The van der Waals surface area contributed by atoms with Crippen LogP contribution in [0.4, 0.5) is 4.39 Å². The third-order valence-electron chi connectivity index (χ3n) is 5.51. The standard InChI is InChI=1S/C19H27FN2O3/c20-18-4-2-1-3-14(18)9-19(25)22-11-15(16(12-22)13-23)10-21-7-5-17(24)6-8-21/h1-4,15-17,23-24H,5-13H2/t15-,16-/m1/s1. The number of piperidine rings is 1. The van der Waals surface area contributed by atoms with E-state index in [1.165, 1.54) is 6.07 Å². The molecule has 0 bridgehead atoms. The average molecular weight is 350 g/mol. The number of aliphatic hydroxyl groups excluding tert-OH is 2. The van der Waals surface area contributed by atoms with Crippen LogP contribution in [0.2, 0.25) is 0 Å². The van der Waals surface area contributed by atoms with Gasteiger partial charge in [0.05, 0.1) is 12.5 Å². The van der Waals surface area contributed by atoms with Gasteiger partial charge in [-0.2, -0.15) is 0 Å². The number of carbonyl (C=O) groups excluding carboxylic acids is 1. The zero-order valence-electron chi connectivity index (χ0n) is 14.5. The minimum atomic E-state index is -0.350. The molecule has 2 aliphatic heterocycles. The molecule has 2 N–H and O–H groups in total. The fourth-order valence-corrected chi connectivity index (χ4v) is 3.91. The molecule has 1 aromatic rings. The van der Waals surface area contributed by atoms with Gasteiger partial charge in [-0.1, -0.05) is 18.2 Å². The fraction of sp³-hybridized carbons (Fsp3) is 0.632. The van der Waals surface area contributed by atoms with E-state index >= 15 is 0 Å². The molecule has 0 aliphatic carbocycles. The van der Waals surface area contributed by atoms with Crippen molar-refractivity contribution in [2.24, 2.45) is 11.8 Å². The first kappa shape index (κ1) is 18.3. The van der Waals surface area contributed by atoms with Gasteiger partial charge in [0.2, 0.25) is 5.91 Å². The summed E-state index contributed by atoms with van der Waals surface area (Å²) in [6, 6.07) is 6.37. The van der Waals surface area contributed by atoms with Gasteiger partial charge in [-0.25, -0.2) is 4.39 Å². The van der Waals surface area contributed by atoms with Crippen molar-refractivity contribution in [2.75, 3.05) is 39.3 Å². The molecule has 0 spiro atoms. The number of hydrogen-bond acceptors (Lipinski definition) is 4. The molecule has 2 fully saturated rings. The van der Waals surface area contributed by atoms with Crippen molar-refractivity contribution in [3.63, 3.8) is 0 Å². The quantitative estimate of drug-likeness (QED) is 0.828. The van der Waals surface area contributed by atoms with Crippen molar-refractivity contribution in [1.29, 1.82) is 0 Å². The Kier molecular flexibility index (Phi) is 6.04. The maximum Gasteiger partial charge on any atom is 0.227 e. The summed E-state index contributed by atoms with van der Waals surface area (Å²) in [5.74, 6) is -0.140. The molecule has 1 aromatic carbocycles. The van der Waals surface area contributed by atoms with Crippen LogP contribution >= 0.6 is 0 Å². The van der Waals surface area contributed by atoms with Gasteiger partial charge in [0.1, 0.15) is 5.82 Å². The minimum Gasteiger partial charge on any atom is -0.396 e. The molecule has 3 rings (SSSR count). The first-order chi connectivity index (χ1) is 12.1. The topological polar surface area (TPSA) is 64.0 Å². The van der Waals surface area contributed by atoms with Crippen LogP contribution in [0.1, 0.15) is 18.4 Å². The highest BCUT2D eigenvalue weighted by atomic mass is 19.1.